The van der Waals surface area contributed by atoms with Gasteiger partial charge in [0.1, 0.15) is 0 Å². The SMILES string of the molecule is CC(C)(C)c1ccc(-c2cccc3c2C=C(CC2CCCC2)[CH]3[Zr]([CH3])([CH3])(=[SiH2])[CH]2C(CC3CCCC3)=Cc3c(-c4ccc(C(C)(C)C)cc4)cccc32)cc1.Cl.Cl. The van der Waals surface area contributed by atoms with Crippen LogP contribution < -0.4 is 0 Å². The van der Waals surface area contributed by atoms with Crippen molar-refractivity contribution in [2.24, 2.45) is 11.8 Å². The minimum absolute atomic E-state index is 0. The molecule has 4 aromatic carbocycles. The molecule has 2 unspecified atom stereocenters. The zero-order chi connectivity index (χ0) is 38.1. The van der Waals surface area contributed by atoms with Crippen LogP contribution in [0.25, 0.3) is 34.4 Å². The minimum atomic E-state index is -3.82. The monoisotopic (exact) mass is 880 g/mol. The molecule has 0 aromatic heterocycles. The maximum atomic E-state index is 2.89. The Bertz CT molecular complexity index is 2020. The van der Waals surface area contributed by atoms with Crippen molar-refractivity contribution in [3.8, 4) is 22.3 Å². The van der Waals surface area contributed by atoms with Crippen molar-refractivity contribution in [1.29, 1.82) is 0 Å². The van der Waals surface area contributed by atoms with Crippen molar-refractivity contribution in [1.82, 2.24) is 0 Å². The fourth-order valence-corrected chi connectivity index (χ4v) is 31.3. The van der Waals surface area contributed by atoms with Crippen LogP contribution in [-0.4, -0.2) is 6.88 Å². The maximum absolute atomic E-state index is 3.82. The predicted molar refractivity (Wildman–Crippen MR) is 251 cm³/mol. The molecule has 0 bridgehead atoms. The van der Waals surface area contributed by atoms with E-state index in [1.54, 1.807) is 22.3 Å². The van der Waals surface area contributed by atoms with Gasteiger partial charge in [0, 0.05) is 0 Å². The second kappa shape index (κ2) is 16.2. The van der Waals surface area contributed by atoms with E-state index in [1.807, 2.05) is 0 Å². The standard InChI is InChI=1S/2C25H29.2CH3.2ClH.H2Si.Zr/c2*1-25(2,3)22-13-11-20(12-14-22)23-10-6-9-21-16-19(17-24(21)23)15-18-7-4-5-8-18;;;;;;/h2*6,9-14,16-18H,4-5,7-8,15H2,1-3H3;2*1H3;2*1H;1H2;. The number of benzene rings is 4. The van der Waals surface area contributed by atoms with Crippen molar-refractivity contribution in [3.05, 3.63) is 129 Å². The Kier molecular flexibility index (Phi) is 12.7. The molecule has 4 aromatic rings. The van der Waals surface area contributed by atoms with Gasteiger partial charge in [-0.2, -0.15) is 0 Å². The van der Waals surface area contributed by atoms with Gasteiger partial charge in [-0.3, -0.25) is 0 Å². The number of hydrogen-bond donors (Lipinski definition) is 0. The van der Waals surface area contributed by atoms with Gasteiger partial charge in [-0.1, -0.05) is 0 Å². The Hall–Kier alpha value is -1.96. The molecule has 0 heterocycles. The fourth-order valence-electron chi connectivity index (χ4n) is 11.6. The Labute approximate surface area is 355 Å². The van der Waals surface area contributed by atoms with Crippen LogP contribution in [0, 0.1) is 11.8 Å². The van der Waals surface area contributed by atoms with E-state index in [9.17, 15) is 0 Å². The first-order valence-corrected chi connectivity index (χ1v) is 35.2. The third kappa shape index (κ3) is 8.27. The molecule has 0 amide bonds. The van der Waals surface area contributed by atoms with Crippen molar-refractivity contribution in [3.63, 3.8) is 0 Å². The molecule has 0 N–H and O–H groups in total. The van der Waals surface area contributed by atoms with E-state index < -0.39 is 17.4 Å². The van der Waals surface area contributed by atoms with Gasteiger partial charge in [0.2, 0.25) is 0 Å². The molecule has 2 saturated carbocycles. The quantitative estimate of drug-likeness (QED) is 0.155. The Morgan fingerprint density at radius 3 is 1.18 bits per heavy atom. The summed E-state index contributed by atoms with van der Waals surface area (Å²) in [4.78, 5) is 0. The Morgan fingerprint density at radius 1 is 0.518 bits per heavy atom. The van der Waals surface area contributed by atoms with Gasteiger partial charge in [0.15, 0.2) is 0 Å². The number of allylic oxidation sites excluding steroid dienone is 2. The van der Waals surface area contributed by atoms with Crippen molar-refractivity contribution < 1.29 is 17.4 Å². The van der Waals surface area contributed by atoms with Crippen LogP contribution in [0.4, 0.5) is 0 Å². The Morgan fingerprint density at radius 2 is 0.857 bits per heavy atom. The average molecular weight is 883 g/mol. The normalized spacial score (nSPS) is 20.2. The third-order valence-electron chi connectivity index (χ3n) is 14.3. The van der Waals surface area contributed by atoms with Gasteiger partial charge in [-0.05, 0) is 0 Å². The van der Waals surface area contributed by atoms with Gasteiger partial charge in [0.05, 0.1) is 0 Å². The van der Waals surface area contributed by atoms with Crippen molar-refractivity contribution in [2.75, 3.05) is 0 Å². The van der Waals surface area contributed by atoms with E-state index in [4.69, 9.17) is 0 Å². The van der Waals surface area contributed by atoms with Crippen LogP contribution >= 0.6 is 24.8 Å². The van der Waals surface area contributed by atoms with Gasteiger partial charge in [-0.25, -0.2) is 0 Å². The largest absolute Gasteiger partial charge is 0.147 e. The molecule has 4 heteroatoms. The van der Waals surface area contributed by atoms with Gasteiger partial charge >= 0.3 is 333 Å². The summed E-state index contributed by atoms with van der Waals surface area (Å²) in [7, 11) is 0. The molecular weight excluding hydrogens is 815 g/mol. The van der Waals surface area contributed by atoms with Gasteiger partial charge < -0.3 is 0 Å². The van der Waals surface area contributed by atoms with Crippen LogP contribution in [0.2, 0.25) is 9.26 Å². The van der Waals surface area contributed by atoms with Crippen LogP contribution in [0.1, 0.15) is 146 Å². The molecule has 0 spiro atoms. The first kappa shape index (κ1) is 43.6. The number of rotatable bonds is 8. The molecule has 0 aliphatic heterocycles. The average Bonchev–Trinajstić information content (AvgIpc) is 3.94. The molecule has 8 rings (SSSR count). The molecule has 0 radical (unpaired) electrons. The zero-order valence-electron chi connectivity index (χ0n) is 35.6. The second-order valence-electron chi connectivity index (χ2n) is 21.2. The van der Waals surface area contributed by atoms with E-state index in [2.05, 4.69) is 155 Å². The van der Waals surface area contributed by atoms with E-state index in [1.165, 1.54) is 109 Å². The molecule has 4 aliphatic rings. The van der Waals surface area contributed by atoms with Gasteiger partial charge in [-0.15, -0.1) is 24.8 Å². The Balaban J connectivity index is 0.00000266. The molecule has 0 saturated heterocycles. The van der Waals surface area contributed by atoms with Crippen LogP contribution in [0.15, 0.2) is 96.1 Å². The summed E-state index contributed by atoms with van der Waals surface area (Å²) in [5.41, 5.74) is 18.6. The van der Waals surface area contributed by atoms with E-state index in [-0.39, 0.29) is 35.6 Å². The second-order valence-corrected chi connectivity index (χ2v) is 51.7. The molecule has 56 heavy (non-hydrogen) atoms. The molecule has 2 atom stereocenters. The third-order valence-corrected chi connectivity index (χ3v) is 31.8. The smallest absolute Gasteiger partial charge is 0.147 e. The van der Waals surface area contributed by atoms with Crippen LogP contribution in [0.5, 0.6) is 0 Å². The van der Waals surface area contributed by atoms with Crippen LogP contribution in [-0.2, 0) is 28.2 Å². The zero-order valence-corrected chi connectivity index (χ0v) is 41.1. The summed E-state index contributed by atoms with van der Waals surface area (Å²) in [5.74, 6) is 1.67. The minimum Gasteiger partial charge on any atom is -0.147 e. The summed E-state index contributed by atoms with van der Waals surface area (Å²) >= 11 is -3.82. The predicted octanol–water partition coefficient (Wildman–Crippen LogP) is 15.5. The number of halogens is 2. The van der Waals surface area contributed by atoms with Gasteiger partial charge in [0.25, 0.3) is 0 Å². The molecule has 2 fully saturated rings. The maximum Gasteiger partial charge on any atom is -0.147 e. The molecule has 4 aliphatic carbocycles. The summed E-state index contributed by atoms with van der Waals surface area (Å²) in [6.07, 6.45) is 19.3. The molecule has 298 valence electrons. The topological polar surface area (TPSA) is 0 Å². The van der Waals surface area contributed by atoms with Crippen molar-refractivity contribution >= 4 is 43.8 Å². The summed E-state index contributed by atoms with van der Waals surface area (Å²) in [6, 6.07) is 33.8. The summed E-state index contributed by atoms with van der Waals surface area (Å²) in [6.45, 7) is 16.5. The van der Waals surface area contributed by atoms with E-state index in [0.717, 1.165) is 11.8 Å². The summed E-state index contributed by atoms with van der Waals surface area (Å²) < 4.78 is 6.90. The first-order chi connectivity index (χ1) is 25.6. The van der Waals surface area contributed by atoms with E-state index in [0.29, 0.717) is 7.25 Å². The number of hydrogen-bond acceptors (Lipinski definition) is 0. The molecule has 0 nitrogen and oxygen atoms in total. The first-order valence-electron chi connectivity index (χ1n) is 21.5. The van der Waals surface area contributed by atoms with Crippen molar-refractivity contribution in [2.45, 2.75) is 133 Å². The molecular formula is C52H68Cl2SiZr. The fraction of sp³-hybridized carbons (Fsp3) is 0.462. The van der Waals surface area contributed by atoms with Crippen LogP contribution in [0.3, 0.4) is 0 Å². The summed E-state index contributed by atoms with van der Waals surface area (Å²) in [5, 5.41) is 0. The van der Waals surface area contributed by atoms with E-state index >= 15 is 0 Å². The number of fused-ring (bicyclic) bond motifs is 2.